The third-order valence-electron chi connectivity index (χ3n) is 4.55. The van der Waals surface area contributed by atoms with E-state index in [0.717, 1.165) is 36.8 Å². The molecule has 1 heterocycles. The summed E-state index contributed by atoms with van der Waals surface area (Å²) < 4.78 is 5.55. The summed E-state index contributed by atoms with van der Waals surface area (Å²) in [5, 5.41) is 6.66. The van der Waals surface area contributed by atoms with Gasteiger partial charge in [-0.05, 0) is 57.3 Å². The summed E-state index contributed by atoms with van der Waals surface area (Å²) in [6.07, 6.45) is 2.49. The number of guanidine groups is 1. The highest BCUT2D eigenvalue weighted by molar-refractivity contribution is 5.94. The van der Waals surface area contributed by atoms with Crippen molar-refractivity contribution >= 4 is 11.9 Å². The Balaban J connectivity index is 1.96. The van der Waals surface area contributed by atoms with Crippen molar-refractivity contribution in [3.05, 3.63) is 59.5 Å². The number of carbonyl (C=O) groups excluding carboxylic acids is 1. The molecule has 0 spiro atoms. The van der Waals surface area contributed by atoms with Gasteiger partial charge in [-0.15, -0.1) is 0 Å². The van der Waals surface area contributed by atoms with Crippen LogP contribution in [0.25, 0.3) is 0 Å². The lowest BCUT2D eigenvalue weighted by atomic mass is 10.1. The zero-order valence-corrected chi connectivity index (χ0v) is 18.1. The summed E-state index contributed by atoms with van der Waals surface area (Å²) in [5.41, 5.74) is 1.82. The largest absolute Gasteiger partial charge is 0.468 e. The number of carbonyl (C=O) groups is 1. The molecule has 1 amide bonds. The van der Waals surface area contributed by atoms with Crippen LogP contribution in [0.2, 0.25) is 0 Å². The number of hydrogen-bond acceptors (Lipinski definition) is 4. The van der Waals surface area contributed by atoms with Crippen molar-refractivity contribution in [3.63, 3.8) is 0 Å². The molecule has 0 saturated heterocycles. The van der Waals surface area contributed by atoms with Crippen LogP contribution < -0.4 is 10.6 Å². The lowest BCUT2D eigenvalue weighted by Gasteiger charge is -2.21. The Morgan fingerprint density at radius 2 is 1.93 bits per heavy atom. The van der Waals surface area contributed by atoms with Crippen LogP contribution in [0.1, 0.15) is 34.6 Å². The van der Waals surface area contributed by atoms with Crippen molar-refractivity contribution in [1.29, 1.82) is 0 Å². The third-order valence-corrected chi connectivity index (χ3v) is 4.55. The first kappa shape index (κ1) is 22.5. The Bertz CT molecular complexity index is 784. The minimum Gasteiger partial charge on any atom is -0.468 e. The molecule has 2 aromatic rings. The molecule has 2 N–H and O–H groups in total. The monoisotopic (exact) mass is 399 g/mol. The number of hydrogen-bond donors (Lipinski definition) is 2. The van der Waals surface area contributed by atoms with E-state index in [1.54, 1.807) is 25.3 Å². The topological polar surface area (TPSA) is 73.1 Å². The fraction of sp³-hybridized carbons (Fsp3) is 0.455. The maximum atomic E-state index is 12.1. The van der Waals surface area contributed by atoms with Gasteiger partial charge in [-0.2, -0.15) is 0 Å². The Kier molecular flexibility index (Phi) is 8.73. The number of likely N-dealkylation sites (N-methyl/N-ethyl adjacent to an activating group) is 1. The van der Waals surface area contributed by atoms with Crippen molar-refractivity contribution in [2.75, 3.05) is 47.8 Å². The van der Waals surface area contributed by atoms with E-state index in [9.17, 15) is 4.79 Å². The maximum absolute atomic E-state index is 12.1. The summed E-state index contributed by atoms with van der Waals surface area (Å²) in [6, 6.07) is 11.7. The third kappa shape index (κ3) is 6.94. The minimum absolute atomic E-state index is 0.0161. The zero-order chi connectivity index (χ0) is 21.2. The predicted molar refractivity (Wildman–Crippen MR) is 117 cm³/mol. The Hall–Kier alpha value is -2.80. The summed E-state index contributed by atoms with van der Waals surface area (Å²) in [4.78, 5) is 20.5. The number of nitrogens with zero attached hydrogens (tertiary/aromatic N) is 3. The first-order valence-corrected chi connectivity index (χ1v) is 9.95. The molecule has 29 heavy (non-hydrogen) atoms. The van der Waals surface area contributed by atoms with Crippen LogP contribution in [0, 0.1) is 0 Å². The van der Waals surface area contributed by atoms with Crippen LogP contribution in [-0.4, -0.2) is 69.5 Å². The highest BCUT2D eigenvalue weighted by Gasteiger charge is 2.16. The van der Waals surface area contributed by atoms with E-state index in [0.29, 0.717) is 12.1 Å². The van der Waals surface area contributed by atoms with E-state index in [1.807, 2.05) is 57.4 Å². The number of amides is 1. The number of nitrogens with one attached hydrogen (secondary N) is 2. The fourth-order valence-electron chi connectivity index (χ4n) is 2.95. The molecule has 1 atom stereocenters. The lowest BCUT2D eigenvalue weighted by molar-refractivity contribution is 0.0827. The molecule has 0 bridgehead atoms. The van der Waals surface area contributed by atoms with E-state index in [1.165, 1.54) is 0 Å². The molecule has 7 heteroatoms. The van der Waals surface area contributed by atoms with Gasteiger partial charge in [0.15, 0.2) is 5.96 Å². The first-order chi connectivity index (χ1) is 13.9. The quantitative estimate of drug-likeness (QED) is 0.500. The molecule has 1 aromatic heterocycles. The average Bonchev–Trinajstić information content (AvgIpc) is 3.21. The summed E-state index contributed by atoms with van der Waals surface area (Å²) in [6.45, 7) is 4.14. The normalized spacial score (nSPS) is 12.7. The fourth-order valence-corrected chi connectivity index (χ4v) is 2.95. The van der Waals surface area contributed by atoms with E-state index in [4.69, 9.17) is 9.41 Å². The van der Waals surface area contributed by atoms with Gasteiger partial charge in [0.1, 0.15) is 5.76 Å². The van der Waals surface area contributed by atoms with Gasteiger partial charge in [-0.25, -0.2) is 0 Å². The van der Waals surface area contributed by atoms with Crippen molar-refractivity contribution in [2.45, 2.75) is 19.4 Å². The first-order valence-electron chi connectivity index (χ1n) is 9.95. The molecule has 0 aliphatic rings. The summed E-state index contributed by atoms with van der Waals surface area (Å²) >= 11 is 0. The molecule has 2 rings (SSSR count). The van der Waals surface area contributed by atoms with Gasteiger partial charge in [0.05, 0.1) is 18.8 Å². The second kappa shape index (κ2) is 11.3. The molecule has 0 fully saturated rings. The van der Waals surface area contributed by atoms with E-state index >= 15 is 0 Å². The van der Waals surface area contributed by atoms with E-state index in [-0.39, 0.29) is 11.9 Å². The van der Waals surface area contributed by atoms with Crippen LogP contribution >= 0.6 is 0 Å². The van der Waals surface area contributed by atoms with Crippen molar-refractivity contribution in [1.82, 2.24) is 20.4 Å². The van der Waals surface area contributed by atoms with Gasteiger partial charge >= 0.3 is 0 Å². The van der Waals surface area contributed by atoms with Crippen molar-refractivity contribution in [3.8, 4) is 0 Å². The molecule has 158 valence electrons. The van der Waals surface area contributed by atoms with Crippen molar-refractivity contribution < 1.29 is 9.21 Å². The average molecular weight is 400 g/mol. The molecule has 0 aliphatic carbocycles. The van der Waals surface area contributed by atoms with Gasteiger partial charge < -0.3 is 20.0 Å². The number of benzene rings is 1. The van der Waals surface area contributed by atoms with Crippen LogP contribution in [0.5, 0.6) is 0 Å². The summed E-state index contributed by atoms with van der Waals surface area (Å²) in [7, 11) is 7.56. The Morgan fingerprint density at radius 1 is 1.14 bits per heavy atom. The second-order valence-corrected chi connectivity index (χ2v) is 7.29. The molecule has 1 unspecified atom stereocenters. The molecule has 0 aliphatic heterocycles. The lowest BCUT2D eigenvalue weighted by Crippen LogP contribution is -2.39. The standard InChI is InChI=1S/C22H33N5O2/c1-6-23-22(25-16-19(26(2)3)20-11-8-14-29-20)24-13-12-17-9-7-10-18(15-17)21(28)27(4)5/h7-11,14-15,19H,6,12-13,16H2,1-5H3,(H2,23,24,25). The maximum Gasteiger partial charge on any atom is 0.253 e. The predicted octanol–water partition coefficient (Wildman–Crippen LogP) is 2.38. The zero-order valence-electron chi connectivity index (χ0n) is 18.1. The minimum atomic E-state index is 0.0161. The van der Waals surface area contributed by atoms with Crippen LogP contribution in [-0.2, 0) is 6.42 Å². The Labute approximate surface area is 173 Å². The van der Waals surface area contributed by atoms with E-state index < -0.39 is 0 Å². The van der Waals surface area contributed by atoms with Crippen molar-refractivity contribution in [2.24, 2.45) is 4.99 Å². The SMILES string of the molecule is CCNC(=NCC(c1ccco1)N(C)C)NCCc1cccc(C(=O)N(C)C)c1. The van der Waals surface area contributed by atoms with Gasteiger partial charge in [0, 0.05) is 32.7 Å². The van der Waals surface area contributed by atoms with Gasteiger partial charge in [0.25, 0.3) is 5.91 Å². The van der Waals surface area contributed by atoms with Crippen LogP contribution in [0.15, 0.2) is 52.1 Å². The van der Waals surface area contributed by atoms with E-state index in [2.05, 4.69) is 15.5 Å². The molecule has 1 aromatic carbocycles. The highest BCUT2D eigenvalue weighted by atomic mass is 16.3. The highest BCUT2D eigenvalue weighted by Crippen LogP contribution is 2.18. The van der Waals surface area contributed by atoms with Crippen LogP contribution in [0.4, 0.5) is 0 Å². The Morgan fingerprint density at radius 3 is 2.55 bits per heavy atom. The van der Waals surface area contributed by atoms with Crippen LogP contribution in [0.3, 0.4) is 0 Å². The van der Waals surface area contributed by atoms with Gasteiger partial charge in [0.2, 0.25) is 0 Å². The number of rotatable bonds is 9. The second-order valence-electron chi connectivity index (χ2n) is 7.29. The number of aliphatic imine (C=N–C) groups is 1. The molecule has 7 nitrogen and oxygen atoms in total. The number of furan rings is 1. The molecular formula is C22H33N5O2. The van der Waals surface area contributed by atoms with Gasteiger partial charge in [-0.1, -0.05) is 12.1 Å². The molecule has 0 radical (unpaired) electrons. The van der Waals surface area contributed by atoms with Gasteiger partial charge in [-0.3, -0.25) is 14.7 Å². The summed E-state index contributed by atoms with van der Waals surface area (Å²) in [5.74, 6) is 1.69. The smallest absolute Gasteiger partial charge is 0.253 e. The molecular weight excluding hydrogens is 366 g/mol. The molecule has 0 saturated carbocycles.